The van der Waals surface area contributed by atoms with Crippen molar-refractivity contribution in [3.8, 4) is 6.07 Å². The predicted molar refractivity (Wildman–Crippen MR) is 169 cm³/mol. The maximum Gasteiger partial charge on any atom is 0.261 e. The Morgan fingerprint density at radius 1 is 0.956 bits per heavy atom. The van der Waals surface area contributed by atoms with E-state index in [0.29, 0.717) is 18.4 Å². The number of allylic oxidation sites excluding steroid dienone is 1. The van der Waals surface area contributed by atoms with Crippen LogP contribution >= 0.6 is 0 Å². The molecule has 11 heteroatoms. The van der Waals surface area contributed by atoms with Gasteiger partial charge in [0.15, 0.2) is 0 Å². The molecule has 0 saturated carbocycles. The van der Waals surface area contributed by atoms with Crippen molar-refractivity contribution in [1.82, 2.24) is 21.3 Å². The van der Waals surface area contributed by atoms with Crippen molar-refractivity contribution >= 4 is 23.6 Å². The van der Waals surface area contributed by atoms with Gasteiger partial charge in [-0.05, 0) is 68.7 Å². The van der Waals surface area contributed by atoms with Crippen LogP contribution in [0.3, 0.4) is 0 Å². The van der Waals surface area contributed by atoms with Crippen LogP contribution in [0, 0.1) is 30.0 Å². The fourth-order valence-corrected chi connectivity index (χ4v) is 4.42. The average molecular weight is 622 g/mol. The van der Waals surface area contributed by atoms with E-state index in [-0.39, 0.29) is 43.8 Å². The third kappa shape index (κ3) is 13.7. The van der Waals surface area contributed by atoms with E-state index in [4.69, 9.17) is 0 Å². The zero-order valence-electron chi connectivity index (χ0n) is 26.4. The van der Waals surface area contributed by atoms with E-state index >= 15 is 0 Å². The molecule has 1 unspecified atom stereocenters. The summed E-state index contributed by atoms with van der Waals surface area (Å²) in [5.41, 5.74) is 2.60. The number of carbonyl (C=O) groups excluding carboxylic acids is 4. The van der Waals surface area contributed by atoms with Crippen LogP contribution in [0.4, 0.5) is 4.39 Å². The fraction of sp³-hybridized carbons (Fsp3) is 0.441. The zero-order chi connectivity index (χ0) is 33.4. The van der Waals surface area contributed by atoms with Crippen molar-refractivity contribution in [2.75, 3.05) is 6.54 Å². The summed E-state index contributed by atoms with van der Waals surface area (Å²) in [6, 6.07) is 13.1. The molecule has 0 aliphatic carbocycles. The molecular weight excluding hydrogens is 577 g/mol. The smallest absolute Gasteiger partial charge is 0.261 e. The van der Waals surface area contributed by atoms with Gasteiger partial charge in [-0.1, -0.05) is 61.9 Å². The van der Waals surface area contributed by atoms with Crippen LogP contribution in [-0.2, 0) is 32.1 Å². The number of hydrogen-bond acceptors (Lipinski definition) is 6. The number of carbonyl (C=O) groups is 4. The predicted octanol–water partition coefficient (Wildman–Crippen LogP) is 3.13. The first-order valence-corrected chi connectivity index (χ1v) is 15.1. The average Bonchev–Trinajstić information content (AvgIpc) is 2.99. The molecule has 0 spiro atoms. The van der Waals surface area contributed by atoms with Crippen LogP contribution in [0.5, 0.6) is 0 Å². The van der Waals surface area contributed by atoms with E-state index in [9.17, 15) is 33.9 Å². The molecule has 2 aromatic carbocycles. The van der Waals surface area contributed by atoms with Crippen LogP contribution in [0.15, 0.2) is 60.2 Å². The molecule has 0 aliphatic heterocycles. The number of aliphatic hydroxyl groups excluding tert-OH is 1. The first-order chi connectivity index (χ1) is 21.4. The highest BCUT2D eigenvalue weighted by Crippen LogP contribution is 2.09. The van der Waals surface area contributed by atoms with Gasteiger partial charge in [0.05, 0.1) is 6.10 Å². The monoisotopic (exact) mass is 621 g/mol. The highest BCUT2D eigenvalue weighted by molar-refractivity contribution is 5.97. The lowest BCUT2D eigenvalue weighted by Gasteiger charge is -2.25. The molecule has 4 amide bonds. The summed E-state index contributed by atoms with van der Waals surface area (Å²) in [6.07, 6.45) is 1.65. The molecule has 5 N–H and O–H groups in total. The molecule has 2 rings (SSSR count). The lowest BCUT2D eigenvalue weighted by Crippen LogP contribution is -2.57. The Morgan fingerprint density at radius 3 is 2.29 bits per heavy atom. The fourth-order valence-electron chi connectivity index (χ4n) is 4.42. The van der Waals surface area contributed by atoms with Crippen LogP contribution < -0.4 is 21.3 Å². The van der Waals surface area contributed by atoms with Crippen molar-refractivity contribution in [3.63, 3.8) is 0 Å². The highest BCUT2D eigenvalue weighted by Gasteiger charge is 2.29. The molecule has 242 valence electrons. The van der Waals surface area contributed by atoms with Crippen LogP contribution in [-0.4, -0.2) is 53.5 Å². The Labute approximate surface area is 264 Å². The van der Waals surface area contributed by atoms with Gasteiger partial charge in [-0.2, -0.15) is 5.26 Å². The van der Waals surface area contributed by atoms with Gasteiger partial charge < -0.3 is 26.4 Å². The first kappa shape index (κ1) is 36.6. The molecule has 2 aromatic rings. The highest BCUT2D eigenvalue weighted by atomic mass is 19.1. The number of amides is 4. The molecule has 0 aromatic heterocycles. The number of halogens is 1. The number of nitrogens with one attached hydrogen (secondary N) is 4. The maximum atomic E-state index is 13.5. The van der Waals surface area contributed by atoms with E-state index in [1.54, 1.807) is 18.2 Å². The summed E-state index contributed by atoms with van der Waals surface area (Å²) >= 11 is 0. The van der Waals surface area contributed by atoms with Gasteiger partial charge in [0.25, 0.3) is 5.91 Å². The molecule has 3 atom stereocenters. The maximum absolute atomic E-state index is 13.5. The van der Waals surface area contributed by atoms with Gasteiger partial charge >= 0.3 is 0 Å². The molecular formula is C34H44FN5O5. The Balaban J connectivity index is 2.02. The van der Waals surface area contributed by atoms with Crippen LogP contribution in [0.1, 0.15) is 63.1 Å². The van der Waals surface area contributed by atoms with Gasteiger partial charge in [0.1, 0.15) is 29.5 Å². The summed E-state index contributed by atoms with van der Waals surface area (Å²) in [5.74, 6) is -2.54. The summed E-state index contributed by atoms with van der Waals surface area (Å²) in [4.78, 5) is 51.3. The lowest BCUT2D eigenvalue weighted by molar-refractivity contribution is -0.134. The number of aryl methyl sites for hydroxylation is 2. The molecule has 0 fully saturated rings. The van der Waals surface area contributed by atoms with E-state index in [1.807, 2.05) is 51.1 Å². The first-order valence-electron chi connectivity index (χ1n) is 15.1. The largest absolute Gasteiger partial charge is 0.391 e. The minimum atomic E-state index is -1.33. The van der Waals surface area contributed by atoms with Gasteiger partial charge in [-0.15, -0.1) is 0 Å². The number of rotatable bonds is 17. The lowest BCUT2D eigenvalue weighted by atomic mass is 10.1. The molecule has 0 radical (unpaired) electrons. The van der Waals surface area contributed by atoms with Gasteiger partial charge in [0, 0.05) is 19.5 Å². The summed E-state index contributed by atoms with van der Waals surface area (Å²) in [7, 11) is 0. The number of aliphatic hydroxyl groups is 1. The van der Waals surface area contributed by atoms with Crippen molar-refractivity contribution < 1.29 is 28.7 Å². The molecule has 0 saturated heterocycles. The van der Waals surface area contributed by atoms with Crippen LogP contribution in [0.25, 0.3) is 0 Å². The van der Waals surface area contributed by atoms with Crippen LogP contribution in [0.2, 0.25) is 0 Å². The molecule has 0 heterocycles. The second-order valence-corrected chi connectivity index (χ2v) is 11.4. The van der Waals surface area contributed by atoms with Gasteiger partial charge in [0.2, 0.25) is 17.7 Å². The van der Waals surface area contributed by atoms with Crippen molar-refractivity contribution in [2.45, 2.75) is 84.5 Å². The SMILES string of the molecule is Cc1ccc(CNC(=O)C(CCCCNC(=O)C(C#N)=CC(C)C)NC(=O)[C@@H](NC(=O)CCc2cccc(F)c2)[C@@H](C)O)cc1. The molecule has 10 nitrogen and oxygen atoms in total. The Hall–Kier alpha value is -4.56. The van der Waals surface area contributed by atoms with Crippen molar-refractivity contribution in [3.05, 3.63) is 82.7 Å². The number of unbranched alkanes of at least 4 members (excludes halogenated alkanes) is 1. The molecule has 45 heavy (non-hydrogen) atoms. The number of nitriles is 1. The minimum Gasteiger partial charge on any atom is -0.391 e. The number of benzene rings is 2. The molecule has 0 bridgehead atoms. The van der Waals surface area contributed by atoms with Crippen molar-refractivity contribution in [1.29, 1.82) is 5.26 Å². The molecule has 0 aliphatic rings. The topological polar surface area (TPSA) is 160 Å². The van der Waals surface area contributed by atoms with Crippen molar-refractivity contribution in [2.24, 2.45) is 5.92 Å². The van der Waals surface area contributed by atoms with E-state index in [1.165, 1.54) is 19.1 Å². The summed E-state index contributed by atoms with van der Waals surface area (Å²) < 4.78 is 13.5. The minimum absolute atomic E-state index is 0.0350. The normalized spacial score (nSPS) is 13.2. The van der Waals surface area contributed by atoms with E-state index in [2.05, 4.69) is 21.3 Å². The van der Waals surface area contributed by atoms with E-state index in [0.717, 1.165) is 11.1 Å². The quantitative estimate of drug-likeness (QED) is 0.104. The number of nitrogens with zero attached hydrogens (tertiary/aromatic N) is 1. The second-order valence-electron chi connectivity index (χ2n) is 11.4. The summed E-state index contributed by atoms with van der Waals surface area (Å²) in [5, 5.41) is 30.2. The summed E-state index contributed by atoms with van der Waals surface area (Å²) in [6.45, 7) is 7.54. The standard InChI is InChI=1S/C34H44FN5O5/c1-22(2)18-27(20-36)32(43)37-17-6-5-10-29(33(44)38-21-26-13-11-23(3)12-14-26)39-34(45)31(24(4)41)40-30(42)16-15-25-8-7-9-28(35)19-25/h7-9,11-14,18-19,22,24,29,31,41H,5-6,10,15-17,21H2,1-4H3,(H,37,43)(H,38,44)(H,39,45)(H,40,42)/t24-,29?,31+/m1/s1. The second kappa shape index (κ2) is 19.0. The Bertz CT molecular complexity index is 1370. The zero-order valence-corrected chi connectivity index (χ0v) is 26.4. The third-order valence-electron chi connectivity index (χ3n) is 6.90. The van der Waals surface area contributed by atoms with E-state index < -0.39 is 47.6 Å². The Kier molecular flexibility index (Phi) is 15.4. The van der Waals surface area contributed by atoms with Gasteiger partial charge in [-0.3, -0.25) is 19.2 Å². The number of hydrogen-bond donors (Lipinski definition) is 5. The van der Waals surface area contributed by atoms with Gasteiger partial charge in [-0.25, -0.2) is 4.39 Å². The Morgan fingerprint density at radius 2 is 1.67 bits per heavy atom. The third-order valence-corrected chi connectivity index (χ3v) is 6.90.